The smallest absolute Gasteiger partial charge is 0.265 e. The van der Waals surface area contributed by atoms with Gasteiger partial charge in [0.1, 0.15) is 11.6 Å². The van der Waals surface area contributed by atoms with Gasteiger partial charge in [-0.25, -0.2) is 4.39 Å². The summed E-state index contributed by atoms with van der Waals surface area (Å²) in [5.74, 6) is -1.06. The molecule has 0 fully saturated rings. The Morgan fingerprint density at radius 3 is 2.68 bits per heavy atom. The number of hydrogen-bond donors (Lipinski definition) is 1. The molecule has 1 aliphatic heterocycles. The molecule has 0 spiro atoms. The highest BCUT2D eigenvalue weighted by Crippen LogP contribution is 2.28. The average molecular weight is 320 g/mol. The summed E-state index contributed by atoms with van der Waals surface area (Å²) in [4.78, 5) is 24.2. The zero-order chi connectivity index (χ0) is 15.7. The number of Topliss-reactive ketones (excluding diaryl/α,β-unsaturated/α-hetero) is 1. The Balaban J connectivity index is 1.76. The summed E-state index contributed by atoms with van der Waals surface area (Å²) < 4.78 is 18.6. The number of ether oxygens (including phenoxy) is 1. The number of benzene rings is 2. The lowest BCUT2D eigenvalue weighted by Crippen LogP contribution is -2.38. The minimum absolute atomic E-state index is 0.129. The van der Waals surface area contributed by atoms with Crippen LogP contribution in [0.4, 0.5) is 10.1 Å². The molecule has 22 heavy (non-hydrogen) atoms. The Morgan fingerprint density at radius 2 is 1.95 bits per heavy atom. The molecule has 0 radical (unpaired) electrons. The Morgan fingerprint density at radius 1 is 1.23 bits per heavy atom. The fourth-order valence-electron chi connectivity index (χ4n) is 2.20. The van der Waals surface area contributed by atoms with Crippen LogP contribution in [0.15, 0.2) is 42.5 Å². The number of amides is 1. The third-order valence-corrected chi connectivity index (χ3v) is 3.54. The number of carbonyl (C=O) groups is 2. The summed E-state index contributed by atoms with van der Waals surface area (Å²) in [6.45, 7) is 0. The van der Waals surface area contributed by atoms with Gasteiger partial charge in [-0.3, -0.25) is 9.59 Å². The molecule has 1 atom stereocenters. The molecule has 0 saturated carbocycles. The second kappa shape index (κ2) is 5.77. The number of nitrogens with one attached hydrogen (secondary N) is 1. The molecule has 1 N–H and O–H groups in total. The number of carbonyl (C=O) groups excluding carboxylic acids is 2. The molecule has 0 unspecified atom stereocenters. The van der Waals surface area contributed by atoms with E-state index in [1.807, 2.05) is 0 Å². The maximum atomic E-state index is 13.1. The molecule has 112 valence electrons. The van der Waals surface area contributed by atoms with Crippen LogP contribution in [0.1, 0.15) is 16.8 Å². The molecule has 3 rings (SSSR count). The predicted molar refractivity (Wildman–Crippen MR) is 79.8 cm³/mol. The molecule has 0 aliphatic carbocycles. The molecule has 4 nitrogen and oxygen atoms in total. The summed E-state index contributed by atoms with van der Waals surface area (Å²) in [5.41, 5.74) is 0.714. The zero-order valence-electron chi connectivity index (χ0n) is 11.3. The average Bonchev–Trinajstić information content (AvgIpc) is 2.50. The Bertz CT molecular complexity index is 746. The number of hydrogen-bond acceptors (Lipinski definition) is 3. The van der Waals surface area contributed by atoms with E-state index in [0.29, 0.717) is 10.7 Å². The van der Waals surface area contributed by atoms with E-state index in [9.17, 15) is 14.0 Å². The summed E-state index contributed by atoms with van der Waals surface area (Å²) in [7, 11) is 0. The largest absolute Gasteiger partial charge is 0.479 e. The van der Waals surface area contributed by atoms with Crippen LogP contribution in [0.2, 0.25) is 5.02 Å². The van der Waals surface area contributed by atoms with E-state index in [-0.39, 0.29) is 23.5 Å². The highest BCUT2D eigenvalue weighted by Gasteiger charge is 2.31. The molecule has 1 aliphatic rings. The fourth-order valence-corrected chi connectivity index (χ4v) is 2.32. The van der Waals surface area contributed by atoms with Gasteiger partial charge in [-0.2, -0.15) is 0 Å². The van der Waals surface area contributed by atoms with Gasteiger partial charge in [0.2, 0.25) is 0 Å². The van der Waals surface area contributed by atoms with Crippen LogP contribution < -0.4 is 10.1 Å². The normalized spacial score (nSPS) is 16.6. The van der Waals surface area contributed by atoms with E-state index in [1.165, 1.54) is 12.1 Å². The Kier molecular flexibility index (Phi) is 3.81. The van der Waals surface area contributed by atoms with Crippen molar-refractivity contribution in [2.24, 2.45) is 0 Å². The molecule has 1 amide bonds. The Hall–Kier alpha value is -2.40. The summed E-state index contributed by atoms with van der Waals surface area (Å²) >= 11 is 5.77. The van der Waals surface area contributed by atoms with E-state index in [0.717, 1.165) is 6.07 Å². The molecule has 2 aromatic rings. The van der Waals surface area contributed by atoms with Crippen molar-refractivity contribution >= 4 is 29.0 Å². The maximum Gasteiger partial charge on any atom is 0.265 e. The van der Waals surface area contributed by atoms with Gasteiger partial charge in [0.05, 0.1) is 12.0 Å². The molecule has 1 heterocycles. The van der Waals surface area contributed by atoms with Crippen molar-refractivity contribution in [2.75, 3.05) is 5.32 Å². The van der Waals surface area contributed by atoms with Crippen LogP contribution in [-0.2, 0) is 4.79 Å². The molecule has 0 bridgehead atoms. The van der Waals surface area contributed by atoms with Crippen molar-refractivity contribution < 1.29 is 18.7 Å². The van der Waals surface area contributed by atoms with Crippen molar-refractivity contribution in [2.45, 2.75) is 12.5 Å². The summed E-state index contributed by atoms with van der Waals surface area (Å²) in [6.07, 6.45) is -1.07. The SMILES string of the molecule is O=C1C[C@@H](C(=O)Nc2ccc(Cl)cc2)Oc2ccc(F)cc21. The minimum Gasteiger partial charge on any atom is -0.479 e. The van der Waals surface area contributed by atoms with Gasteiger partial charge in [-0.05, 0) is 42.5 Å². The van der Waals surface area contributed by atoms with E-state index < -0.39 is 17.8 Å². The second-order valence-electron chi connectivity index (χ2n) is 4.87. The lowest BCUT2D eigenvalue weighted by Gasteiger charge is -2.24. The van der Waals surface area contributed by atoms with E-state index >= 15 is 0 Å². The minimum atomic E-state index is -0.943. The quantitative estimate of drug-likeness (QED) is 0.922. The predicted octanol–water partition coefficient (Wildman–Crippen LogP) is 3.45. The molecular weight excluding hydrogens is 309 g/mol. The maximum absolute atomic E-state index is 13.1. The van der Waals surface area contributed by atoms with Crippen molar-refractivity contribution in [3.05, 3.63) is 58.9 Å². The standard InChI is InChI=1S/C16H11ClFNO3/c17-9-1-4-11(5-2-9)19-16(21)15-8-13(20)12-7-10(18)3-6-14(12)22-15/h1-7,15H,8H2,(H,19,21)/t15-/m0/s1. The third kappa shape index (κ3) is 2.94. The van der Waals surface area contributed by atoms with Gasteiger partial charge in [0.25, 0.3) is 5.91 Å². The highest BCUT2D eigenvalue weighted by molar-refractivity contribution is 6.30. The molecule has 0 saturated heterocycles. The van der Waals surface area contributed by atoms with Crippen LogP contribution in [0.25, 0.3) is 0 Å². The number of rotatable bonds is 2. The van der Waals surface area contributed by atoms with Gasteiger partial charge in [-0.1, -0.05) is 11.6 Å². The van der Waals surface area contributed by atoms with Crippen LogP contribution in [0.3, 0.4) is 0 Å². The van der Waals surface area contributed by atoms with Crippen molar-refractivity contribution in [1.82, 2.24) is 0 Å². The van der Waals surface area contributed by atoms with Crippen LogP contribution in [0, 0.1) is 5.82 Å². The topological polar surface area (TPSA) is 55.4 Å². The van der Waals surface area contributed by atoms with E-state index in [1.54, 1.807) is 24.3 Å². The molecular formula is C16H11ClFNO3. The van der Waals surface area contributed by atoms with Crippen molar-refractivity contribution in [1.29, 1.82) is 0 Å². The van der Waals surface area contributed by atoms with Gasteiger partial charge in [0.15, 0.2) is 11.9 Å². The number of halogens is 2. The molecule has 2 aromatic carbocycles. The van der Waals surface area contributed by atoms with E-state index in [4.69, 9.17) is 16.3 Å². The first-order valence-corrected chi connectivity index (χ1v) is 6.96. The van der Waals surface area contributed by atoms with Gasteiger partial charge >= 0.3 is 0 Å². The van der Waals surface area contributed by atoms with Crippen LogP contribution in [0.5, 0.6) is 5.75 Å². The van der Waals surface area contributed by atoms with Crippen molar-refractivity contribution in [3.63, 3.8) is 0 Å². The first-order chi connectivity index (χ1) is 10.5. The zero-order valence-corrected chi connectivity index (χ0v) is 12.1. The summed E-state index contributed by atoms with van der Waals surface area (Å²) in [5, 5.41) is 3.21. The first-order valence-electron chi connectivity index (χ1n) is 6.59. The number of anilines is 1. The van der Waals surface area contributed by atoms with Gasteiger partial charge in [0, 0.05) is 10.7 Å². The number of ketones is 1. The van der Waals surface area contributed by atoms with Gasteiger partial charge in [-0.15, -0.1) is 0 Å². The van der Waals surface area contributed by atoms with Crippen LogP contribution in [-0.4, -0.2) is 17.8 Å². The third-order valence-electron chi connectivity index (χ3n) is 3.29. The second-order valence-corrected chi connectivity index (χ2v) is 5.31. The molecule has 6 heteroatoms. The first kappa shape index (κ1) is 14.5. The van der Waals surface area contributed by atoms with E-state index in [2.05, 4.69) is 5.32 Å². The number of fused-ring (bicyclic) bond motifs is 1. The summed E-state index contributed by atoms with van der Waals surface area (Å²) in [6, 6.07) is 10.2. The monoisotopic (exact) mass is 319 g/mol. The lowest BCUT2D eigenvalue weighted by molar-refractivity contribution is -0.122. The fraction of sp³-hybridized carbons (Fsp3) is 0.125. The van der Waals surface area contributed by atoms with Gasteiger partial charge < -0.3 is 10.1 Å². The molecule has 0 aromatic heterocycles. The highest BCUT2D eigenvalue weighted by atomic mass is 35.5. The Labute approximate surface area is 130 Å². The van der Waals surface area contributed by atoms with Crippen LogP contribution >= 0.6 is 11.6 Å². The lowest BCUT2D eigenvalue weighted by atomic mass is 10.00. The van der Waals surface area contributed by atoms with Crippen molar-refractivity contribution in [3.8, 4) is 5.75 Å².